The fraction of sp³-hybridized carbons (Fsp3) is 0. The molecule has 32 heavy (non-hydrogen) atoms. The Morgan fingerprint density at radius 3 is 2.28 bits per heavy atom. The number of amides is 2. The van der Waals surface area contributed by atoms with Gasteiger partial charge < -0.3 is 4.42 Å². The van der Waals surface area contributed by atoms with E-state index in [4.69, 9.17) is 4.42 Å². The zero-order valence-corrected chi connectivity index (χ0v) is 18.6. The maximum Gasteiger partial charge on any atom is 0.345 e. The van der Waals surface area contributed by atoms with Gasteiger partial charge in [0.05, 0.1) is 11.3 Å². The minimum Gasteiger partial charge on any atom is -0.422 e. The molecule has 0 radical (unpaired) electrons. The maximum absolute atomic E-state index is 13.2. The van der Waals surface area contributed by atoms with Gasteiger partial charge in [-0.1, -0.05) is 40.2 Å². The summed E-state index contributed by atoms with van der Waals surface area (Å²) in [6.07, 6.45) is 0. The molecule has 0 N–H and O–H groups in total. The molecule has 154 valence electrons. The number of aromatic nitrogens is 1. The van der Waals surface area contributed by atoms with Crippen LogP contribution in [0, 0.1) is 0 Å². The van der Waals surface area contributed by atoms with Gasteiger partial charge in [0, 0.05) is 31.8 Å². The van der Waals surface area contributed by atoms with Crippen LogP contribution in [0.2, 0.25) is 0 Å². The summed E-state index contributed by atoms with van der Waals surface area (Å²) in [5.74, 6) is -0.871. The summed E-state index contributed by atoms with van der Waals surface area (Å²) < 4.78 is 6.27. The van der Waals surface area contributed by atoms with Crippen molar-refractivity contribution in [3.63, 3.8) is 0 Å². The number of carbonyl (C=O) groups is 2. The third-order valence-electron chi connectivity index (χ3n) is 5.43. The summed E-state index contributed by atoms with van der Waals surface area (Å²) in [6, 6.07) is 17.8. The van der Waals surface area contributed by atoms with E-state index in [1.165, 1.54) is 0 Å². The molecule has 0 saturated heterocycles. The van der Waals surface area contributed by atoms with Crippen LogP contribution in [-0.4, -0.2) is 16.8 Å². The lowest BCUT2D eigenvalue weighted by Gasteiger charge is -2.25. The number of hydrogen-bond acceptors (Lipinski definition) is 6. The molecule has 8 heteroatoms. The largest absolute Gasteiger partial charge is 0.422 e. The van der Waals surface area contributed by atoms with Crippen LogP contribution in [0.5, 0.6) is 0 Å². The summed E-state index contributed by atoms with van der Waals surface area (Å²) in [7, 11) is 0. The van der Waals surface area contributed by atoms with Crippen molar-refractivity contribution >= 4 is 66.0 Å². The fourth-order valence-electron chi connectivity index (χ4n) is 3.97. The first-order valence-electron chi connectivity index (χ1n) is 9.61. The Bertz CT molecular complexity index is 1620. The average molecular weight is 503 g/mol. The van der Waals surface area contributed by atoms with Gasteiger partial charge in [0.25, 0.3) is 11.8 Å². The molecule has 1 aliphatic heterocycles. The highest BCUT2D eigenvalue weighted by molar-refractivity contribution is 9.10. The SMILES string of the molecule is O=C1c2cccc3cccc(c23)C(=O)N1c1nc(-c2cc3cc(Br)ccc3oc2=O)cs1. The van der Waals surface area contributed by atoms with E-state index < -0.39 is 17.4 Å². The Morgan fingerprint density at radius 1 is 0.844 bits per heavy atom. The minimum absolute atomic E-state index is 0.204. The summed E-state index contributed by atoms with van der Waals surface area (Å²) in [5.41, 5.74) is 1.43. The molecule has 0 fully saturated rings. The number of anilines is 1. The Morgan fingerprint density at radius 2 is 1.56 bits per heavy atom. The number of halogens is 1. The van der Waals surface area contributed by atoms with Gasteiger partial charge in [0.1, 0.15) is 5.58 Å². The molecular weight excluding hydrogens is 492 g/mol. The van der Waals surface area contributed by atoms with Crippen LogP contribution in [-0.2, 0) is 0 Å². The smallest absolute Gasteiger partial charge is 0.345 e. The zero-order chi connectivity index (χ0) is 22.0. The van der Waals surface area contributed by atoms with E-state index in [9.17, 15) is 14.4 Å². The Balaban J connectivity index is 1.47. The molecule has 2 amide bonds. The average Bonchev–Trinajstić information content (AvgIpc) is 3.26. The molecule has 0 atom stereocenters. The van der Waals surface area contributed by atoms with Gasteiger partial charge in [-0.2, -0.15) is 0 Å². The first-order chi connectivity index (χ1) is 15.5. The lowest BCUT2D eigenvalue weighted by molar-refractivity contribution is 0.0893. The summed E-state index contributed by atoms with van der Waals surface area (Å²) in [4.78, 5) is 44.5. The highest BCUT2D eigenvalue weighted by Gasteiger charge is 2.35. The molecule has 2 aromatic heterocycles. The zero-order valence-electron chi connectivity index (χ0n) is 16.2. The number of fused-ring (bicyclic) bond motifs is 1. The Hall–Kier alpha value is -3.62. The number of carbonyl (C=O) groups excluding carboxylic acids is 2. The van der Waals surface area contributed by atoms with Gasteiger partial charge in [-0.05, 0) is 41.8 Å². The fourth-order valence-corrected chi connectivity index (χ4v) is 5.17. The van der Waals surface area contributed by atoms with Gasteiger partial charge in [0.15, 0.2) is 5.13 Å². The third kappa shape index (κ3) is 2.77. The minimum atomic E-state index is -0.539. The Labute approximate surface area is 192 Å². The normalized spacial score (nSPS) is 13.3. The van der Waals surface area contributed by atoms with Crippen molar-refractivity contribution in [3.8, 4) is 11.3 Å². The second-order valence-electron chi connectivity index (χ2n) is 7.30. The second kappa shape index (κ2) is 6.94. The van der Waals surface area contributed by atoms with Crippen LogP contribution < -0.4 is 10.5 Å². The van der Waals surface area contributed by atoms with E-state index in [1.54, 1.807) is 47.8 Å². The number of thiazole rings is 1. The quantitative estimate of drug-likeness (QED) is 0.230. The topological polar surface area (TPSA) is 80.5 Å². The number of benzene rings is 3. The van der Waals surface area contributed by atoms with Crippen LogP contribution in [0.15, 0.2) is 79.7 Å². The number of hydrogen-bond donors (Lipinski definition) is 0. The highest BCUT2D eigenvalue weighted by atomic mass is 79.9. The summed E-state index contributed by atoms with van der Waals surface area (Å²) >= 11 is 4.53. The van der Waals surface area contributed by atoms with Crippen LogP contribution in [0.1, 0.15) is 20.7 Å². The number of nitrogens with zero attached hydrogens (tertiary/aromatic N) is 2. The van der Waals surface area contributed by atoms with Gasteiger partial charge in [-0.15, -0.1) is 11.3 Å². The van der Waals surface area contributed by atoms with E-state index >= 15 is 0 Å². The highest BCUT2D eigenvalue weighted by Crippen LogP contribution is 2.35. The van der Waals surface area contributed by atoms with Crippen LogP contribution in [0.4, 0.5) is 5.13 Å². The van der Waals surface area contributed by atoms with Gasteiger partial charge in [0.2, 0.25) is 0 Å². The lowest BCUT2D eigenvalue weighted by atomic mass is 9.94. The van der Waals surface area contributed by atoms with Crippen molar-refractivity contribution in [3.05, 3.63) is 92.1 Å². The Kier molecular flexibility index (Phi) is 4.14. The van der Waals surface area contributed by atoms with Gasteiger partial charge in [-0.3, -0.25) is 9.59 Å². The molecule has 3 aromatic carbocycles. The molecule has 3 heterocycles. The molecule has 0 saturated carbocycles. The standard InChI is InChI=1S/C24H11BrN2O4S/c25-14-7-8-19-13(9-14)10-17(23(30)31-19)18-11-32-24(26-18)27-21(28)15-5-1-3-12-4-2-6-16(20(12)15)22(27)29/h1-11H. The number of imide groups is 1. The van der Waals surface area contributed by atoms with Crippen molar-refractivity contribution in [2.45, 2.75) is 0 Å². The predicted octanol–water partition coefficient (Wildman–Crippen LogP) is 5.63. The lowest BCUT2D eigenvalue weighted by Crippen LogP contribution is -2.40. The van der Waals surface area contributed by atoms with Crippen molar-refractivity contribution in [2.24, 2.45) is 0 Å². The predicted molar refractivity (Wildman–Crippen MR) is 126 cm³/mol. The molecule has 1 aliphatic rings. The van der Waals surface area contributed by atoms with Gasteiger partial charge in [-0.25, -0.2) is 14.7 Å². The maximum atomic E-state index is 13.2. The van der Waals surface area contributed by atoms with E-state index in [1.807, 2.05) is 18.2 Å². The molecule has 5 aromatic rings. The molecule has 0 aliphatic carbocycles. The van der Waals surface area contributed by atoms with E-state index in [0.717, 1.165) is 31.5 Å². The third-order valence-corrected chi connectivity index (χ3v) is 6.74. The summed E-state index contributed by atoms with van der Waals surface area (Å²) in [5, 5.41) is 4.07. The van der Waals surface area contributed by atoms with Crippen molar-refractivity contribution < 1.29 is 14.0 Å². The monoisotopic (exact) mass is 502 g/mol. The van der Waals surface area contributed by atoms with Crippen LogP contribution in [0.3, 0.4) is 0 Å². The van der Waals surface area contributed by atoms with Crippen molar-refractivity contribution in [1.82, 2.24) is 4.98 Å². The first kappa shape index (κ1) is 19.1. The molecular formula is C24H11BrN2O4S. The molecule has 0 bridgehead atoms. The number of rotatable bonds is 2. The second-order valence-corrected chi connectivity index (χ2v) is 9.05. The summed E-state index contributed by atoms with van der Waals surface area (Å²) in [6.45, 7) is 0. The van der Waals surface area contributed by atoms with Crippen LogP contribution in [0.25, 0.3) is 33.0 Å². The molecule has 0 unspecified atom stereocenters. The van der Waals surface area contributed by atoms with E-state index in [-0.39, 0.29) is 10.7 Å². The van der Waals surface area contributed by atoms with Gasteiger partial charge >= 0.3 is 5.63 Å². The van der Waals surface area contributed by atoms with E-state index in [0.29, 0.717) is 27.8 Å². The van der Waals surface area contributed by atoms with Crippen LogP contribution >= 0.6 is 27.3 Å². The molecule has 6 rings (SSSR count). The molecule has 0 spiro atoms. The van der Waals surface area contributed by atoms with E-state index in [2.05, 4.69) is 20.9 Å². The van der Waals surface area contributed by atoms with Crippen molar-refractivity contribution in [1.29, 1.82) is 0 Å². The first-order valence-corrected chi connectivity index (χ1v) is 11.3. The molecule has 6 nitrogen and oxygen atoms in total. The van der Waals surface area contributed by atoms with Crippen molar-refractivity contribution in [2.75, 3.05) is 4.90 Å².